The fraction of sp³-hybridized carbons (Fsp3) is 0.556. The Morgan fingerprint density at radius 2 is 1.84 bits per heavy atom. The third-order valence-corrected chi connectivity index (χ3v) is 7.32. The Bertz CT molecular complexity index is 1160. The highest BCUT2D eigenvalue weighted by Crippen LogP contribution is 2.31. The summed E-state index contributed by atoms with van der Waals surface area (Å²) < 4.78 is 0. The number of hydrogen-bond donors (Lipinski definition) is 4. The normalized spacial score (nSPS) is 21.4. The summed E-state index contributed by atoms with van der Waals surface area (Å²) in [5, 5.41) is 31.4. The van der Waals surface area contributed by atoms with Crippen LogP contribution in [0.4, 0.5) is 11.5 Å². The average Bonchev–Trinajstić information content (AvgIpc) is 3.20. The monoisotopic (exact) mass is 525 g/mol. The van der Waals surface area contributed by atoms with Crippen LogP contribution in [0.25, 0.3) is 11.3 Å². The molecule has 2 fully saturated rings. The van der Waals surface area contributed by atoms with Gasteiger partial charge in [0, 0.05) is 44.3 Å². The molecular weight excluding hydrogens is 486 g/mol. The van der Waals surface area contributed by atoms with Crippen molar-refractivity contribution in [3.63, 3.8) is 0 Å². The van der Waals surface area contributed by atoms with Gasteiger partial charge in [-0.2, -0.15) is 0 Å². The molecule has 2 aliphatic rings. The second-order valence-electron chi connectivity index (χ2n) is 11.4. The summed E-state index contributed by atoms with van der Waals surface area (Å²) in [5.41, 5.74) is 7.52. The highest BCUT2D eigenvalue weighted by atomic mass is 16.3. The Labute approximate surface area is 223 Å². The lowest BCUT2D eigenvalue weighted by molar-refractivity contribution is -0.140. The number of anilines is 2. The van der Waals surface area contributed by atoms with Crippen LogP contribution in [0.1, 0.15) is 34.1 Å². The minimum Gasteiger partial charge on any atom is -0.507 e. The first-order chi connectivity index (χ1) is 17.9. The van der Waals surface area contributed by atoms with Crippen LogP contribution in [0.15, 0.2) is 30.3 Å². The Balaban J connectivity index is 1.36. The number of phenolic OH excluding ortho intramolecular Hbond substituents is 1. The zero-order valence-electron chi connectivity index (χ0n) is 22.6. The fourth-order valence-corrected chi connectivity index (χ4v) is 5.15. The maximum atomic E-state index is 13.3. The molecule has 2 amide bonds. The van der Waals surface area contributed by atoms with Crippen LogP contribution in [0.5, 0.6) is 5.75 Å². The quantitative estimate of drug-likeness (QED) is 0.434. The molecule has 0 saturated carbocycles. The van der Waals surface area contributed by atoms with Crippen molar-refractivity contribution in [3.05, 3.63) is 30.3 Å². The molecular formula is C27H39N7O4. The number of aromatic hydroxyl groups is 1. The number of nitrogens with zero attached hydrogens (tertiary/aromatic N) is 5. The van der Waals surface area contributed by atoms with Gasteiger partial charge in [0.25, 0.3) is 0 Å². The van der Waals surface area contributed by atoms with E-state index >= 15 is 0 Å². The fourth-order valence-electron chi connectivity index (χ4n) is 5.15. The van der Waals surface area contributed by atoms with Crippen LogP contribution in [0.3, 0.4) is 0 Å². The first-order valence-corrected chi connectivity index (χ1v) is 13.1. The Kier molecular flexibility index (Phi) is 8.08. The van der Waals surface area contributed by atoms with Crippen LogP contribution in [-0.2, 0) is 9.59 Å². The largest absolute Gasteiger partial charge is 0.507 e. The number of carbonyl (C=O) groups is 2. The van der Waals surface area contributed by atoms with E-state index in [0.717, 1.165) is 5.69 Å². The van der Waals surface area contributed by atoms with Gasteiger partial charge in [-0.25, -0.2) is 0 Å². The zero-order valence-corrected chi connectivity index (χ0v) is 22.6. The van der Waals surface area contributed by atoms with Crippen molar-refractivity contribution >= 4 is 23.3 Å². The Hall–Kier alpha value is -3.44. The number of hydrogen-bond acceptors (Lipinski definition) is 9. The smallest absolute Gasteiger partial charge is 0.246 e. The minimum absolute atomic E-state index is 0.0613. The number of amides is 2. The molecule has 3 heterocycles. The Morgan fingerprint density at radius 1 is 1.16 bits per heavy atom. The molecule has 38 heavy (non-hydrogen) atoms. The van der Waals surface area contributed by atoms with Crippen molar-refractivity contribution in [2.45, 2.75) is 52.3 Å². The molecule has 11 heteroatoms. The number of aliphatic hydroxyl groups excluding tert-OH is 1. The molecule has 2 aromatic rings. The molecule has 2 aliphatic heterocycles. The standard InChI is InChI=1S/C27H39N7O4/c1-17-13-18(35)15-34(17)26(38)24(27(2,3)4)29-23(37)16-32-9-11-33(12-10-32)21-14-20(30-31-25(21)28)19-7-5-6-8-22(19)36/h5-8,14,17-18,24,35-36H,9-13,15-16H2,1-4H3,(H2,28,31)(H,29,37)/t17-,18+,24-/m1/s1. The summed E-state index contributed by atoms with van der Waals surface area (Å²) in [7, 11) is 0. The van der Waals surface area contributed by atoms with Gasteiger partial charge in [0.15, 0.2) is 5.82 Å². The molecule has 5 N–H and O–H groups in total. The van der Waals surface area contributed by atoms with E-state index in [1.54, 1.807) is 23.1 Å². The number of β-amino-alcohol motifs (C(OH)–C–C–N with tert-alkyl or cyclic N) is 1. The van der Waals surface area contributed by atoms with E-state index in [1.807, 2.05) is 44.7 Å². The van der Waals surface area contributed by atoms with Crippen molar-refractivity contribution in [2.75, 3.05) is 49.9 Å². The maximum Gasteiger partial charge on any atom is 0.246 e. The van der Waals surface area contributed by atoms with E-state index in [4.69, 9.17) is 5.73 Å². The van der Waals surface area contributed by atoms with Gasteiger partial charge in [-0.3, -0.25) is 14.5 Å². The number of para-hydroxylation sites is 1. The summed E-state index contributed by atoms with van der Waals surface area (Å²) in [6, 6.07) is 8.03. The minimum atomic E-state index is -0.681. The lowest BCUT2D eigenvalue weighted by atomic mass is 9.85. The van der Waals surface area contributed by atoms with Crippen LogP contribution in [-0.4, -0.2) is 99.5 Å². The third kappa shape index (κ3) is 6.16. The van der Waals surface area contributed by atoms with Gasteiger partial charge in [0.2, 0.25) is 11.8 Å². The SMILES string of the molecule is C[C@@H]1C[C@H](O)CN1C(=O)[C@@H](NC(=O)CN1CCN(c2cc(-c3ccccc3O)nnc2N)CC1)C(C)(C)C. The number of aliphatic hydroxyl groups is 1. The topological polar surface area (TPSA) is 148 Å². The highest BCUT2D eigenvalue weighted by Gasteiger charge is 2.40. The molecule has 206 valence electrons. The summed E-state index contributed by atoms with van der Waals surface area (Å²) in [5.74, 6) is 0.0746. The first-order valence-electron chi connectivity index (χ1n) is 13.1. The predicted molar refractivity (Wildman–Crippen MR) is 145 cm³/mol. The average molecular weight is 526 g/mol. The van der Waals surface area contributed by atoms with Gasteiger partial charge in [0.05, 0.1) is 24.0 Å². The number of phenols is 1. The number of nitrogens with one attached hydrogen (secondary N) is 1. The molecule has 0 radical (unpaired) electrons. The van der Waals surface area contributed by atoms with Crippen LogP contribution < -0.4 is 16.0 Å². The molecule has 0 bridgehead atoms. The number of rotatable bonds is 6. The van der Waals surface area contributed by atoms with Gasteiger partial charge in [0.1, 0.15) is 11.8 Å². The summed E-state index contributed by atoms with van der Waals surface area (Å²) in [6.07, 6.45) is 0.0208. The van der Waals surface area contributed by atoms with E-state index in [1.165, 1.54) is 0 Å². The summed E-state index contributed by atoms with van der Waals surface area (Å²) >= 11 is 0. The van der Waals surface area contributed by atoms with Gasteiger partial charge >= 0.3 is 0 Å². The molecule has 0 aliphatic carbocycles. The molecule has 11 nitrogen and oxygen atoms in total. The molecule has 1 aromatic carbocycles. The van der Waals surface area contributed by atoms with Crippen molar-refractivity contribution in [3.8, 4) is 17.0 Å². The second kappa shape index (κ2) is 11.1. The van der Waals surface area contributed by atoms with E-state index < -0.39 is 17.6 Å². The number of piperazine rings is 1. The number of carbonyl (C=O) groups excluding carboxylic acids is 2. The molecule has 3 atom stereocenters. The summed E-state index contributed by atoms with van der Waals surface area (Å²) in [6.45, 7) is 10.7. The van der Waals surface area contributed by atoms with E-state index in [0.29, 0.717) is 56.2 Å². The van der Waals surface area contributed by atoms with Gasteiger partial charge < -0.3 is 31.1 Å². The molecule has 0 spiro atoms. The van der Waals surface area contributed by atoms with Gasteiger partial charge in [-0.15, -0.1) is 10.2 Å². The van der Waals surface area contributed by atoms with E-state index in [9.17, 15) is 19.8 Å². The van der Waals surface area contributed by atoms with Gasteiger partial charge in [-0.1, -0.05) is 32.9 Å². The molecule has 4 rings (SSSR count). The van der Waals surface area contributed by atoms with Crippen LogP contribution in [0.2, 0.25) is 0 Å². The van der Waals surface area contributed by atoms with Crippen LogP contribution in [0, 0.1) is 5.41 Å². The lowest BCUT2D eigenvalue weighted by Crippen LogP contribution is -2.57. The van der Waals surface area contributed by atoms with Crippen molar-refractivity contribution < 1.29 is 19.8 Å². The van der Waals surface area contributed by atoms with Crippen molar-refractivity contribution in [1.82, 2.24) is 25.3 Å². The van der Waals surface area contributed by atoms with E-state index in [-0.39, 0.29) is 30.2 Å². The first kappa shape index (κ1) is 27.6. The van der Waals surface area contributed by atoms with Crippen molar-refractivity contribution in [2.24, 2.45) is 5.41 Å². The maximum absolute atomic E-state index is 13.3. The number of nitrogen functional groups attached to an aromatic ring is 1. The second-order valence-corrected chi connectivity index (χ2v) is 11.4. The van der Waals surface area contributed by atoms with Gasteiger partial charge in [-0.05, 0) is 37.0 Å². The predicted octanol–water partition coefficient (Wildman–Crippen LogP) is 1.07. The third-order valence-electron chi connectivity index (χ3n) is 7.32. The molecule has 1 aromatic heterocycles. The number of nitrogens with two attached hydrogens (primary N) is 1. The van der Waals surface area contributed by atoms with E-state index in [2.05, 4.69) is 20.4 Å². The molecule has 2 saturated heterocycles. The number of likely N-dealkylation sites (tertiary alicyclic amines) is 1. The molecule has 0 unspecified atom stereocenters. The highest BCUT2D eigenvalue weighted by molar-refractivity contribution is 5.89. The Morgan fingerprint density at radius 3 is 2.45 bits per heavy atom. The van der Waals surface area contributed by atoms with Crippen molar-refractivity contribution in [1.29, 1.82) is 0 Å². The zero-order chi connectivity index (χ0) is 27.6. The number of benzene rings is 1. The van der Waals surface area contributed by atoms with Crippen LogP contribution >= 0.6 is 0 Å². The lowest BCUT2D eigenvalue weighted by Gasteiger charge is -2.37. The summed E-state index contributed by atoms with van der Waals surface area (Å²) in [4.78, 5) is 32.2. The number of aromatic nitrogens is 2.